The van der Waals surface area contributed by atoms with E-state index in [-0.39, 0.29) is 22.8 Å². The molecule has 1 fully saturated rings. The Labute approximate surface area is 193 Å². The van der Waals surface area contributed by atoms with Crippen LogP contribution in [0.3, 0.4) is 0 Å². The lowest BCUT2D eigenvalue weighted by atomic mass is 9.78. The number of amides is 1. The second-order valence-corrected chi connectivity index (χ2v) is 10.8. The molecule has 1 aliphatic carbocycles. The lowest BCUT2D eigenvalue weighted by Gasteiger charge is -2.31. The Bertz CT molecular complexity index is 1080. The molecule has 1 heterocycles. The van der Waals surface area contributed by atoms with Crippen LogP contribution in [0.5, 0.6) is 11.5 Å². The number of carbonyl (C=O) groups is 1. The summed E-state index contributed by atoms with van der Waals surface area (Å²) < 4.78 is 37.9. The standard InChI is InChI=1S/C23H27ClN2O5S/c1-26(32(28,29)19-7-5-18(24)6-8-19)15-22(27)25-16-23(10-2-3-11-23)17-4-9-20-21(14-17)31-13-12-30-20/h4-9,14H,2-3,10-13,15-16H2,1H3,(H,25,27). The van der Waals surface area contributed by atoms with Crippen molar-refractivity contribution in [3.05, 3.63) is 53.1 Å². The van der Waals surface area contributed by atoms with E-state index in [2.05, 4.69) is 5.32 Å². The maximum absolute atomic E-state index is 12.7. The van der Waals surface area contributed by atoms with E-state index in [1.165, 1.54) is 31.3 Å². The van der Waals surface area contributed by atoms with Crippen LogP contribution >= 0.6 is 11.6 Å². The first-order chi connectivity index (χ1) is 15.3. The molecule has 2 aliphatic rings. The van der Waals surface area contributed by atoms with Gasteiger partial charge in [0, 0.05) is 24.0 Å². The van der Waals surface area contributed by atoms with Crippen molar-refractivity contribution >= 4 is 27.5 Å². The average molecular weight is 479 g/mol. The minimum atomic E-state index is -3.78. The molecular formula is C23H27ClN2O5S. The van der Waals surface area contributed by atoms with Crippen LogP contribution in [0.15, 0.2) is 47.4 Å². The largest absolute Gasteiger partial charge is 0.486 e. The van der Waals surface area contributed by atoms with Crippen molar-refractivity contribution in [3.63, 3.8) is 0 Å². The maximum Gasteiger partial charge on any atom is 0.243 e. The Kier molecular flexibility index (Phi) is 6.65. The van der Waals surface area contributed by atoms with Crippen molar-refractivity contribution in [2.45, 2.75) is 36.0 Å². The third kappa shape index (κ3) is 4.72. The topological polar surface area (TPSA) is 84.9 Å². The van der Waals surface area contributed by atoms with Gasteiger partial charge in [-0.05, 0) is 54.8 Å². The molecule has 32 heavy (non-hydrogen) atoms. The van der Waals surface area contributed by atoms with Crippen molar-refractivity contribution in [1.82, 2.24) is 9.62 Å². The second-order valence-electron chi connectivity index (χ2n) is 8.34. The Hall–Kier alpha value is -2.29. The van der Waals surface area contributed by atoms with Crippen LogP contribution in [0.25, 0.3) is 0 Å². The van der Waals surface area contributed by atoms with Gasteiger partial charge in [0.25, 0.3) is 0 Å². The fraction of sp³-hybridized carbons (Fsp3) is 0.435. The zero-order chi connectivity index (χ0) is 22.8. The van der Waals surface area contributed by atoms with Crippen LogP contribution in [0.4, 0.5) is 0 Å². The molecule has 172 valence electrons. The fourth-order valence-corrected chi connectivity index (χ4v) is 5.64. The summed E-state index contributed by atoms with van der Waals surface area (Å²) in [6.45, 7) is 1.25. The normalized spacial score (nSPS) is 17.3. The summed E-state index contributed by atoms with van der Waals surface area (Å²) in [5.74, 6) is 1.14. The Morgan fingerprint density at radius 1 is 1.06 bits per heavy atom. The Morgan fingerprint density at radius 3 is 2.41 bits per heavy atom. The third-order valence-corrected chi connectivity index (χ3v) is 8.30. The summed E-state index contributed by atoms with van der Waals surface area (Å²) in [5.41, 5.74) is 0.917. The van der Waals surface area contributed by atoms with Gasteiger partial charge in [-0.3, -0.25) is 4.79 Å². The van der Waals surface area contributed by atoms with Crippen LogP contribution in [-0.2, 0) is 20.2 Å². The van der Waals surface area contributed by atoms with E-state index < -0.39 is 10.0 Å². The van der Waals surface area contributed by atoms with Crippen molar-refractivity contribution < 1.29 is 22.7 Å². The quantitative estimate of drug-likeness (QED) is 0.659. The molecule has 1 saturated carbocycles. The van der Waals surface area contributed by atoms with E-state index >= 15 is 0 Å². The number of rotatable bonds is 7. The number of likely N-dealkylation sites (N-methyl/N-ethyl adjacent to an activating group) is 1. The van der Waals surface area contributed by atoms with Crippen molar-refractivity contribution in [3.8, 4) is 11.5 Å². The minimum Gasteiger partial charge on any atom is -0.486 e. The summed E-state index contributed by atoms with van der Waals surface area (Å²) in [5, 5.41) is 3.42. The molecule has 0 bridgehead atoms. The van der Waals surface area contributed by atoms with Crippen LogP contribution in [0, 0.1) is 0 Å². The van der Waals surface area contributed by atoms with Gasteiger partial charge in [0.1, 0.15) is 13.2 Å². The molecule has 9 heteroatoms. The number of fused-ring (bicyclic) bond motifs is 1. The molecule has 0 unspecified atom stereocenters. The second kappa shape index (κ2) is 9.29. The number of sulfonamides is 1. The molecule has 2 aromatic carbocycles. The molecule has 0 atom stereocenters. The van der Waals surface area contributed by atoms with Crippen LogP contribution in [0.1, 0.15) is 31.2 Å². The molecule has 1 amide bonds. The number of nitrogens with one attached hydrogen (secondary N) is 1. The highest BCUT2D eigenvalue weighted by Crippen LogP contribution is 2.43. The van der Waals surface area contributed by atoms with Crippen molar-refractivity contribution in [2.75, 3.05) is 33.4 Å². The van der Waals surface area contributed by atoms with Gasteiger partial charge in [0.15, 0.2) is 11.5 Å². The van der Waals surface area contributed by atoms with Gasteiger partial charge >= 0.3 is 0 Å². The zero-order valence-corrected chi connectivity index (χ0v) is 19.5. The number of halogens is 1. The molecule has 0 aromatic heterocycles. The highest BCUT2D eigenvalue weighted by atomic mass is 35.5. The van der Waals surface area contributed by atoms with E-state index in [4.69, 9.17) is 21.1 Å². The van der Waals surface area contributed by atoms with Gasteiger partial charge in [0.05, 0.1) is 11.4 Å². The number of hydrogen-bond acceptors (Lipinski definition) is 5. The number of hydrogen-bond donors (Lipinski definition) is 1. The van der Waals surface area contributed by atoms with Gasteiger partial charge in [-0.25, -0.2) is 8.42 Å². The zero-order valence-electron chi connectivity index (χ0n) is 18.0. The molecular weight excluding hydrogens is 452 g/mol. The van der Waals surface area contributed by atoms with Gasteiger partial charge in [-0.1, -0.05) is 30.5 Å². The summed E-state index contributed by atoms with van der Waals surface area (Å²) in [7, 11) is -2.38. The number of nitrogens with zero attached hydrogens (tertiary/aromatic N) is 1. The van der Waals surface area contributed by atoms with Crippen LogP contribution in [-0.4, -0.2) is 52.0 Å². The lowest BCUT2D eigenvalue weighted by molar-refractivity contribution is -0.121. The monoisotopic (exact) mass is 478 g/mol. The summed E-state index contributed by atoms with van der Waals surface area (Å²) in [6.07, 6.45) is 4.06. The van der Waals surface area contributed by atoms with Crippen molar-refractivity contribution in [1.29, 1.82) is 0 Å². The van der Waals surface area contributed by atoms with Gasteiger partial charge < -0.3 is 14.8 Å². The molecule has 4 rings (SSSR count). The van der Waals surface area contributed by atoms with E-state index in [1.807, 2.05) is 18.2 Å². The number of carbonyl (C=O) groups excluding carboxylic acids is 1. The highest BCUT2D eigenvalue weighted by molar-refractivity contribution is 7.89. The van der Waals surface area contributed by atoms with Gasteiger partial charge in [0.2, 0.25) is 15.9 Å². The third-order valence-electron chi connectivity index (χ3n) is 6.23. The number of benzene rings is 2. The Balaban J connectivity index is 1.43. The van der Waals surface area contributed by atoms with E-state index in [0.29, 0.717) is 24.8 Å². The molecule has 1 N–H and O–H groups in total. The first-order valence-electron chi connectivity index (χ1n) is 10.7. The fourth-order valence-electron chi connectivity index (χ4n) is 4.39. The molecule has 0 spiro atoms. The molecule has 7 nitrogen and oxygen atoms in total. The summed E-state index contributed by atoms with van der Waals surface area (Å²) in [6, 6.07) is 11.9. The Morgan fingerprint density at radius 2 is 1.72 bits per heavy atom. The van der Waals surface area contributed by atoms with Gasteiger partial charge in [-0.15, -0.1) is 0 Å². The summed E-state index contributed by atoms with van der Waals surface area (Å²) in [4.78, 5) is 12.8. The van der Waals surface area contributed by atoms with E-state index in [9.17, 15) is 13.2 Å². The number of ether oxygens (including phenoxy) is 2. The first-order valence-corrected chi connectivity index (χ1v) is 12.5. The van der Waals surface area contributed by atoms with Crippen LogP contribution < -0.4 is 14.8 Å². The predicted molar refractivity (Wildman–Crippen MR) is 122 cm³/mol. The predicted octanol–water partition coefficient (Wildman–Crippen LogP) is 3.36. The highest BCUT2D eigenvalue weighted by Gasteiger charge is 2.37. The molecule has 0 radical (unpaired) electrons. The maximum atomic E-state index is 12.7. The van der Waals surface area contributed by atoms with Crippen molar-refractivity contribution in [2.24, 2.45) is 0 Å². The molecule has 0 saturated heterocycles. The lowest BCUT2D eigenvalue weighted by Crippen LogP contribution is -2.44. The summed E-state index contributed by atoms with van der Waals surface area (Å²) >= 11 is 5.84. The SMILES string of the molecule is CN(CC(=O)NCC1(c2ccc3c(c2)OCCO3)CCCC1)S(=O)(=O)c1ccc(Cl)cc1. The molecule has 1 aliphatic heterocycles. The van der Waals surface area contributed by atoms with E-state index in [0.717, 1.165) is 47.1 Å². The smallest absolute Gasteiger partial charge is 0.243 e. The van der Waals surface area contributed by atoms with E-state index in [1.54, 1.807) is 0 Å². The minimum absolute atomic E-state index is 0.0979. The average Bonchev–Trinajstić information content (AvgIpc) is 3.28. The van der Waals surface area contributed by atoms with Gasteiger partial charge in [-0.2, -0.15) is 4.31 Å². The van der Waals surface area contributed by atoms with Crippen LogP contribution in [0.2, 0.25) is 5.02 Å². The molecule has 2 aromatic rings. The first kappa shape index (κ1) is 22.9.